The number of hydrogen-bond acceptors (Lipinski definition) is 2. The number of rotatable bonds is 2. The molecule has 0 saturated carbocycles. The van der Waals surface area contributed by atoms with Crippen molar-refractivity contribution in [2.75, 3.05) is 0 Å². The number of nitrogens with two attached hydrogens (primary N) is 1. The minimum absolute atomic E-state index is 0.218. The highest BCUT2D eigenvalue weighted by Gasteiger charge is 2.21. The van der Waals surface area contributed by atoms with Crippen LogP contribution < -0.4 is 5.73 Å². The van der Waals surface area contributed by atoms with E-state index in [-0.39, 0.29) is 5.56 Å². The van der Waals surface area contributed by atoms with Gasteiger partial charge in [-0.3, -0.25) is 0 Å². The first-order chi connectivity index (χ1) is 9.97. The number of furan rings is 1. The zero-order valence-electron chi connectivity index (χ0n) is 11.8. The van der Waals surface area contributed by atoms with Crippen molar-refractivity contribution in [2.45, 2.75) is 19.9 Å². The highest BCUT2D eigenvalue weighted by Crippen LogP contribution is 2.32. The first-order valence-corrected chi connectivity index (χ1v) is 6.67. The normalized spacial score (nSPS) is 12.8. The summed E-state index contributed by atoms with van der Waals surface area (Å²) in [5.41, 5.74) is 9.00. The molecule has 0 aliphatic rings. The number of hydrogen-bond donors (Lipinski definition) is 1. The molecule has 1 atom stereocenters. The van der Waals surface area contributed by atoms with Crippen molar-refractivity contribution in [3.05, 3.63) is 70.5 Å². The van der Waals surface area contributed by atoms with Gasteiger partial charge in [0.1, 0.15) is 23.0 Å². The lowest BCUT2D eigenvalue weighted by atomic mass is 10.0. The van der Waals surface area contributed by atoms with Crippen LogP contribution in [0, 0.1) is 25.5 Å². The Hall–Kier alpha value is -2.20. The molecular formula is C17H15F2NO. The molecule has 1 aromatic heterocycles. The van der Waals surface area contributed by atoms with E-state index in [0.29, 0.717) is 5.76 Å². The molecule has 0 fully saturated rings. The third-order valence-electron chi connectivity index (χ3n) is 3.71. The minimum atomic E-state index is -0.765. The topological polar surface area (TPSA) is 39.2 Å². The molecule has 4 heteroatoms. The molecule has 2 nitrogen and oxygen atoms in total. The number of fused-ring (bicyclic) bond motifs is 1. The number of benzene rings is 2. The van der Waals surface area contributed by atoms with E-state index < -0.39 is 17.7 Å². The van der Waals surface area contributed by atoms with E-state index in [0.717, 1.165) is 28.2 Å². The van der Waals surface area contributed by atoms with Crippen LogP contribution in [0.25, 0.3) is 11.0 Å². The maximum Gasteiger partial charge on any atom is 0.134 e. The molecule has 3 aromatic rings. The summed E-state index contributed by atoms with van der Waals surface area (Å²) in [5.74, 6) is -0.792. The highest BCUT2D eigenvalue weighted by molar-refractivity contribution is 5.83. The molecule has 1 unspecified atom stereocenters. The SMILES string of the molecule is Cc1ccc2c(C)c(C(N)c3ccc(F)cc3F)oc2c1. The Labute approximate surface area is 121 Å². The molecule has 0 radical (unpaired) electrons. The van der Waals surface area contributed by atoms with E-state index in [2.05, 4.69) is 0 Å². The summed E-state index contributed by atoms with van der Waals surface area (Å²) < 4.78 is 32.7. The van der Waals surface area contributed by atoms with Crippen LogP contribution in [0.5, 0.6) is 0 Å². The molecule has 3 rings (SSSR count). The van der Waals surface area contributed by atoms with Crippen LogP contribution in [-0.2, 0) is 0 Å². The largest absolute Gasteiger partial charge is 0.459 e. The van der Waals surface area contributed by atoms with Gasteiger partial charge in [0.05, 0.1) is 6.04 Å². The van der Waals surface area contributed by atoms with Crippen molar-refractivity contribution in [1.29, 1.82) is 0 Å². The fraction of sp³-hybridized carbons (Fsp3) is 0.176. The predicted molar refractivity (Wildman–Crippen MR) is 78.1 cm³/mol. The van der Waals surface area contributed by atoms with E-state index in [9.17, 15) is 8.78 Å². The maximum atomic E-state index is 13.9. The Bertz CT molecular complexity index is 823. The van der Waals surface area contributed by atoms with E-state index in [1.807, 2.05) is 32.0 Å². The Kier molecular flexibility index (Phi) is 3.26. The Morgan fingerprint density at radius 1 is 1.05 bits per heavy atom. The van der Waals surface area contributed by atoms with Crippen LogP contribution in [0.2, 0.25) is 0 Å². The smallest absolute Gasteiger partial charge is 0.134 e. The molecule has 21 heavy (non-hydrogen) atoms. The van der Waals surface area contributed by atoms with Gasteiger partial charge < -0.3 is 10.2 Å². The summed E-state index contributed by atoms with van der Waals surface area (Å²) in [4.78, 5) is 0. The van der Waals surface area contributed by atoms with Gasteiger partial charge in [0, 0.05) is 22.6 Å². The van der Waals surface area contributed by atoms with E-state index in [4.69, 9.17) is 10.2 Å². The van der Waals surface area contributed by atoms with Gasteiger partial charge >= 0.3 is 0 Å². The molecule has 0 spiro atoms. The first-order valence-electron chi connectivity index (χ1n) is 6.67. The highest BCUT2D eigenvalue weighted by atomic mass is 19.1. The van der Waals surface area contributed by atoms with Gasteiger partial charge in [-0.1, -0.05) is 18.2 Å². The van der Waals surface area contributed by atoms with Crippen LogP contribution in [0.1, 0.15) is 28.5 Å². The first kappa shape index (κ1) is 13.8. The van der Waals surface area contributed by atoms with Crippen molar-refractivity contribution in [1.82, 2.24) is 0 Å². The zero-order valence-corrected chi connectivity index (χ0v) is 11.8. The van der Waals surface area contributed by atoms with Gasteiger partial charge in [-0.05, 0) is 31.5 Å². The van der Waals surface area contributed by atoms with Crippen LogP contribution >= 0.6 is 0 Å². The maximum absolute atomic E-state index is 13.9. The fourth-order valence-corrected chi connectivity index (χ4v) is 2.54. The summed E-state index contributed by atoms with van der Waals surface area (Å²) in [6.45, 7) is 3.86. The standard InChI is InChI=1S/C17H15F2NO/c1-9-3-5-12-10(2)17(21-15(12)7-9)16(20)13-6-4-11(18)8-14(13)19/h3-8,16H,20H2,1-2H3. The van der Waals surface area contributed by atoms with Gasteiger partial charge in [0.15, 0.2) is 0 Å². The number of aryl methyl sites for hydroxylation is 2. The monoisotopic (exact) mass is 287 g/mol. The van der Waals surface area contributed by atoms with Crippen molar-refractivity contribution < 1.29 is 13.2 Å². The summed E-state index contributed by atoms with van der Waals surface area (Å²) in [6, 6.07) is 8.47. The molecule has 0 aliphatic carbocycles. The summed E-state index contributed by atoms with van der Waals surface area (Å²) >= 11 is 0. The van der Waals surface area contributed by atoms with Crippen molar-refractivity contribution in [3.8, 4) is 0 Å². The molecule has 1 heterocycles. The summed E-state index contributed by atoms with van der Waals surface area (Å²) in [6.07, 6.45) is 0. The van der Waals surface area contributed by atoms with Gasteiger partial charge in [-0.2, -0.15) is 0 Å². The third-order valence-corrected chi connectivity index (χ3v) is 3.71. The van der Waals surface area contributed by atoms with Crippen LogP contribution in [0.3, 0.4) is 0 Å². The summed E-state index contributed by atoms with van der Waals surface area (Å²) in [7, 11) is 0. The van der Waals surface area contributed by atoms with Gasteiger partial charge in [0.25, 0.3) is 0 Å². The van der Waals surface area contributed by atoms with Crippen molar-refractivity contribution in [3.63, 3.8) is 0 Å². The van der Waals surface area contributed by atoms with Crippen LogP contribution in [0.15, 0.2) is 40.8 Å². The Morgan fingerprint density at radius 2 is 1.81 bits per heavy atom. The third kappa shape index (κ3) is 2.32. The second kappa shape index (κ2) is 4.97. The van der Waals surface area contributed by atoms with Crippen LogP contribution in [-0.4, -0.2) is 0 Å². The average Bonchev–Trinajstić information content (AvgIpc) is 2.75. The lowest BCUT2D eigenvalue weighted by Crippen LogP contribution is -2.14. The second-order valence-corrected chi connectivity index (χ2v) is 5.23. The zero-order chi connectivity index (χ0) is 15.1. The van der Waals surface area contributed by atoms with Gasteiger partial charge in [0.2, 0.25) is 0 Å². The fourth-order valence-electron chi connectivity index (χ4n) is 2.54. The lowest BCUT2D eigenvalue weighted by Gasteiger charge is -2.11. The Balaban J connectivity index is 2.13. The lowest BCUT2D eigenvalue weighted by molar-refractivity contribution is 0.502. The minimum Gasteiger partial charge on any atom is -0.459 e. The molecular weight excluding hydrogens is 272 g/mol. The molecule has 2 aromatic carbocycles. The van der Waals surface area contributed by atoms with Gasteiger partial charge in [-0.25, -0.2) is 8.78 Å². The Morgan fingerprint density at radius 3 is 2.52 bits per heavy atom. The molecule has 2 N–H and O–H groups in total. The number of halogens is 2. The summed E-state index contributed by atoms with van der Waals surface area (Å²) in [5, 5.41) is 0.952. The van der Waals surface area contributed by atoms with Gasteiger partial charge in [-0.15, -0.1) is 0 Å². The molecule has 108 valence electrons. The van der Waals surface area contributed by atoms with Crippen LogP contribution in [0.4, 0.5) is 8.78 Å². The molecule has 0 saturated heterocycles. The predicted octanol–water partition coefficient (Wildman–Crippen LogP) is 4.38. The quantitative estimate of drug-likeness (QED) is 0.760. The van der Waals surface area contributed by atoms with E-state index in [1.54, 1.807) is 0 Å². The second-order valence-electron chi connectivity index (χ2n) is 5.23. The van der Waals surface area contributed by atoms with E-state index in [1.165, 1.54) is 12.1 Å². The molecule has 0 bridgehead atoms. The van der Waals surface area contributed by atoms with E-state index >= 15 is 0 Å². The molecule has 0 aliphatic heterocycles. The molecule has 0 amide bonds. The van der Waals surface area contributed by atoms with Crippen molar-refractivity contribution >= 4 is 11.0 Å². The van der Waals surface area contributed by atoms with Crippen molar-refractivity contribution in [2.24, 2.45) is 5.73 Å². The average molecular weight is 287 g/mol.